The molecule has 0 saturated heterocycles. The Morgan fingerprint density at radius 2 is 1.96 bits per heavy atom. The number of amides is 1. The topological polar surface area (TPSA) is 103 Å². The molecule has 1 aromatic heterocycles. The summed E-state index contributed by atoms with van der Waals surface area (Å²) >= 11 is 0. The number of nitrogens with zero attached hydrogens (tertiary/aromatic N) is 3. The van der Waals surface area contributed by atoms with Crippen LogP contribution in [0.25, 0.3) is 0 Å². The summed E-state index contributed by atoms with van der Waals surface area (Å²) in [7, 11) is 1.62. The lowest BCUT2D eigenvalue weighted by molar-refractivity contribution is -0.117. The van der Waals surface area contributed by atoms with Crippen molar-refractivity contribution in [2.75, 3.05) is 12.4 Å². The van der Waals surface area contributed by atoms with E-state index in [0.717, 1.165) is 28.3 Å². The molecule has 0 aliphatic rings. The Labute approximate surface area is 157 Å². The molecule has 0 aliphatic carbocycles. The fourth-order valence-corrected chi connectivity index (χ4v) is 2.69. The Balaban J connectivity index is 1.71. The van der Waals surface area contributed by atoms with Crippen LogP contribution in [-0.4, -0.2) is 28.2 Å². The highest BCUT2D eigenvalue weighted by Gasteiger charge is 2.12. The Kier molecular flexibility index (Phi) is 5.61. The lowest BCUT2D eigenvalue weighted by atomic mass is 9.96. The zero-order chi connectivity index (χ0) is 19.2. The number of carbonyl (C=O) groups excluding carboxylic acids is 1. The van der Waals surface area contributed by atoms with E-state index in [-0.39, 0.29) is 18.2 Å². The highest BCUT2D eigenvalue weighted by atomic mass is 16.5. The summed E-state index contributed by atoms with van der Waals surface area (Å²) in [4.78, 5) is 15.5. The number of aromatic nitrogens is 3. The van der Waals surface area contributed by atoms with Crippen LogP contribution >= 0.6 is 0 Å². The number of rotatable bonds is 7. The second-order valence-electron chi connectivity index (χ2n) is 6.17. The molecule has 1 unspecified atom stereocenters. The summed E-state index contributed by atoms with van der Waals surface area (Å²) in [6, 6.07) is 15.2. The molecule has 7 heteroatoms. The first-order valence-corrected chi connectivity index (χ1v) is 8.53. The lowest BCUT2D eigenvalue weighted by Crippen LogP contribution is -2.14. The summed E-state index contributed by atoms with van der Waals surface area (Å²) in [5, 5.41) is 11.5. The van der Waals surface area contributed by atoms with Crippen LogP contribution < -0.4 is 15.8 Å². The Bertz CT molecular complexity index is 910. The van der Waals surface area contributed by atoms with Crippen molar-refractivity contribution in [2.45, 2.75) is 19.3 Å². The van der Waals surface area contributed by atoms with Gasteiger partial charge >= 0.3 is 0 Å². The molecule has 3 aromatic rings. The minimum atomic E-state index is -0.352. The van der Waals surface area contributed by atoms with Crippen LogP contribution in [0.2, 0.25) is 0 Å². The van der Waals surface area contributed by atoms with Crippen molar-refractivity contribution in [3.8, 4) is 5.75 Å². The molecule has 0 radical (unpaired) electrons. The van der Waals surface area contributed by atoms with E-state index in [1.54, 1.807) is 13.3 Å². The van der Waals surface area contributed by atoms with Gasteiger partial charge in [0.2, 0.25) is 11.9 Å². The lowest BCUT2D eigenvalue weighted by Gasteiger charge is -2.12. The standard InChI is InChI=1S/C20H21N5O2/c1-13(15-5-3-4-14(10-15)11-19(21)26)18-12-22-20(25-24-18)23-16-6-8-17(27-2)9-7-16/h3-10,12-13H,11H2,1-2H3,(H2,21,26)(H,22,23,25). The summed E-state index contributed by atoms with van der Waals surface area (Å²) in [5.74, 6) is 0.837. The van der Waals surface area contributed by atoms with E-state index in [9.17, 15) is 4.79 Å². The van der Waals surface area contributed by atoms with E-state index in [4.69, 9.17) is 10.5 Å². The molecule has 0 spiro atoms. The number of nitrogens with two attached hydrogens (primary N) is 1. The van der Waals surface area contributed by atoms with Crippen molar-refractivity contribution >= 4 is 17.5 Å². The van der Waals surface area contributed by atoms with Gasteiger partial charge in [-0.15, -0.1) is 10.2 Å². The maximum Gasteiger partial charge on any atom is 0.247 e. The van der Waals surface area contributed by atoms with Crippen molar-refractivity contribution in [3.05, 3.63) is 71.5 Å². The van der Waals surface area contributed by atoms with Gasteiger partial charge in [-0.05, 0) is 35.4 Å². The van der Waals surface area contributed by atoms with Crippen LogP contribution in [0.1, 0.15) is 29.7 Å². The molecule has 1 amide bonds. The zero-order valence-electron chi connectivity index (χ0n) is 15.2. The summed E-state index contributed by atoms with van der Waals surface area (Å²) in [5.41, 5.74) is 8.77. The molecule has 2 aromatic carbocycles. The normalized spacial score (nSPS) is 11.6. The number of hydrogen-bond donors (Lipinski definition) is 2. The number of ether oxygens (including phenoxy) is 1. The van der Waals surface area contributed by atoms with Crippen LogP contribution in [0.4, 0.5) is 11.6 Å². The first-order valence-electron chi connectivity index (χ1n) is 8.53. The van der Waals surface area contributed by atoms with Crippen LogP contribution in [0.3, 0.4) is 0 Å². The van der Waals surface area contributed by atoms with Crippen LogP contribution in [0.15, 0.2) is 54.7 Å². The van der Waals surface area contributed by atoms with Crippen molar-refractivity contribution in [3.63, 3.8) is 0 Å². The maximum absolute atomic E-state index is 11.1. The van der Waals surface area contributed by atoms with Crippen molar-refractivity contribution in [2.24, 2.45) is 5.73 Å². The summed E-state index contributed by atoms with van der Waals surface area (Å²) < 4.78 is 5.14. The first-order chi connectivity index (χ1) is 13.0. The van der Waals surface area contributed by atoms with E-state index in [1.807, 2.05) is 55.5 Å². The fourth-order valence-electron chi connectivity index (χ4n) is 2.69. The smallest absolute Gasteiger partial charge is 0.247 e. The van der Waals surface area contributed by atoms with Gasteiger partial charge in [0.1, 0.15) is 5.75 Å². The maximum atomic E-state index is 11.1. The number of carbonyl (C=O) groups is 1. The predicted octanol–water partition coefficient (Wildman–Crippen LogP) is 2.80. The van der Waals surface area contributed by atoms with Crippen LogP contribution in [0.5, 0.6) is 5.75 Å². The third-order valence-electron chi connectivity index (χ3n) is 4.20. The van der Waals surface area contributed by atoms with Gasteiger partial charge in [-0.1, -0.05) is 31.2 Å². The molecule has 0 bridgehead atoms. The van der Waals surface area contributed by atoms with Crippen LogP contribution in [-0.2, 0) is 11.2 Å². The van der Waals surface area contributed by atoms with Gasteiger partial charge in [0.15, 0.2) is 0 Å². The molecule has 138 valence electrons. The summed E-state index contributed by atoms with van der Waals surface area (Å²) in [6.07, 6.45) is 1.92. The molecule has 0 aliphatic heterocycles. The Morgan fingerprint density at radius 1 is 1.19 bits per heavy atom. The third kappa shape index (κ3) is 4.78. The number of anilines is 2. The second kappa shape index (κ2) is 8.27. The van der Waals surface area contributed by atoms with Gasteiger partial charge in [-0.2, -0.15) is 0 Å². The van der Waals surface area contributed by atoms with Crippen molar-refractivity contribution < 1.29 is 9.53 Å². The van der Waals surface area contributed by atoms with Gasteiger partial charge in [-0.3, -0.25) is 4.79 Å². The van der Waals surface area contributed by atoms with E-state index in [0.29, 0.717) is 5.95 Å². The third-order valence-corrected chi connectivity index (χ3v) is 4.20. The average molecular weight is 363 g/mol. The molecule has 1 heterocycles. The fraction of sp³-hybridized carbons (Fsp3) is 0.200. The average Bonchev–Trinajstić information content (AvgIpc) is 2.68. The molecule has 1 atom stereocenters. The SMILES string of the molecule is COc1ccc(Nc2ncc(C(C)c3cccc(CC(N)=O)c3)nn2)cc1. The van der Waals surface area contributed by atoms with Gasteiger partial charge in [0.05, 0.1) is 25.4 Å². The molecule has 3 N–H and O–H groups in total. The minimum absolute atomic E-state index is 0.00661. The van der Waals surface area contributed by atoms with E-state index >= 15 is 0 Å². The molecular formula is C20H21N5O2. The highest BCUT2D eigenvalue weighted by Crippen LogP contribution is 2.23. The van der Waals surface area contributed by atoms with Gasteiger partial charge < -0.3 is 15.8 Å². The number of nitrogens with one attached hydrogen (secondary N) is 1. The van der Waals surface area contributed by atoms with E-state index in [1.165, 1.54) is 0 Å². The molecule has 0 saturated carbocycles. The van der Waals surface area contributed by atoms with Gasteiger partial charge in [0, 0.05) is 11.6 Å². The monoisotopic (exact) mass is 363 g/mol. The number of primary amides is 1. The largest absolute Gasteiger partial charge is 0.497 e. The van der Waals surface area contributed by atoms with E-state index < -0.39 is 0 Å². The van der Waals surface area contributed by atoms with Gasteiger partial charge in [-0.25, -0.2) is 4.98 Å². The quantitative estimate of drug-likeness (QED) is 0.669. The van der Waals surface area contributed by atoms with Gasteiger partial charge in [0.25, 0.3) is 0 Å². The first kappa shape index (κ1) is 18.3. The van der Waals surface area contributed by atoms with E-state index in [2.05, 4.69) is 20.5 Å². The predicted molar refractivity (Wildman–Crippen MR) is 103 cm³/mol. The summed E-state index contributed by atoms with van der Waals surface area (Å²) in [6.45, 7) is 2.02. The molecule has 7 nitrogen and oxygen atoms in total. The molecule has 3 rings (SSSR count). The number of methoxy groups -OCH3 is 1. The Hall–Kier alpha value is -3.48. The van der Waals surface area contributed by atoms with Crippen LogP contribution in [0, 0.1) is 0 Å². The number of hydrogen-bond acceptors (Lipinski definition) is 6. The second-order valence-corrected chi connectivity index (χ2v) is 6.17. The molecule has 27 heavy (non-hydrogen) atoms. The zero-order valence-corrected chi connectivity index (χ0v) is 15.2. The molecule has 0 fully saturated rings. The molecular weight excluding hydrogens is 342 g/mol. The van der Waals surface area contributed by atoms with Crippen molar-refractivity contribution in [1.82, 2.24) is 15.2 Å². The highest BCUT2D eigenvalue weighted by molar-refractivity contribution is 5.76. The minimum Gasteiger partial charge on any atom is -0.497 e. The van der Waals surface area contributed by atoms with Crippen molar-refractivity contribution in [1.29, 1.82) is 0 Å². The Morgan fingerprint density at radius 3 is 2.59 bits per heavy atom. The number of benzene rings is 2.